The summed E-state index contributed by atoms with van der Waals surface area (Å²) >= 11 is 0. The smallest absolute Gasteiger partial charge is 0.223 e. The maximum Gasteiger partial charge on any atom is 0.223 e. The van der Waals surface area contributed by atoms with Crippen LogP contribution in [0.3, 0.4) is 0 Å². The lowest BCUT2D eigenvalue weighted by Gasteiger charge is -2.19. The van der Waals surface area contributed by atoms with E-state index in [1.807, 2.05) is 34.0 Å². The highest BCUT2D eigenvalue weighted by atomic mass is 19.1. The Morgan fingerprint density at radius 1 is 1.11 bits per heavy atom. The van der Waals surface area contributed by atoms with Gasteiger partial charge in [-0.1, -0.05) is 49.4 Å². The van der Waals surface area contributed by atoms with Gasteiger partial charge in [-0.25, -0.2) is 4.39 Å². The third-order valence-electron chi connectivity index (χ3n) is 5.18. The van der Waals surface area contributed by atoms with E-state index >= 15 is 0 Å². The zero-order valence-electron chi connectivity index (χ0n) is 15.3. The van der Waals surface area contributed by atoms with E-state index in [0.29, 0.717) is 26.1 Å². The van der Waals surface area contributed by atoms with Gasteiger partial charge in [0, 0.05) is 18.5 Å². The normalized spacial score (nSPS) is 14.2. The standard InChI is InChI=1S/C22H22FN3O/c1-16(18-5-3-2-4-6-18)11-22(27)25-14-19-12-24-26(21(19)15-25)13-17-7-9-20(23)10-8-17/h2-10,12,16H,11,13-15H2,1H3. The van der Waals surface area contributed by atoms with Crippen LogP contribution in [0, 0.1) is 5.82 Å². The van der Waals surface area contributed by atoms with Crippen molar-refractivity contribution < 1.29 is 9.18 Å². The first-order valence-electron chi connectivity index (χ1n) is 9.21. The summed E-state index contributed by atoms with van der Waals surface area (Å²) in [6.07, 6.45) is 2.34. The van der Waals surface area contributed by atoms with Crippen LogP contribution in [0.5, 0.6) is 0 Å². The number of benzene rings is 2. The van der Waals surface area contributed by atoms with E-state index in [1.54, 1.807) is 12.1 Å². The van der Waals surface area contributed by atoms with Crippen molar-refractivity contribution in [3.05, 3.63) is 89.0 Å². The molecule has 0 N–H and O–H groups in total. The number of amides is 1. The molecule has 2 aromatic carbocycles. The predicted molar refractivity (Wildman–Crippen MR) is 101 cm³/mol. The maximum absolute atomic E-state index is 13.1. The van der Waals surface area contributed by atoms with Gasteiger partial charge in [0.25, 0.3) is 0 Å². The zero-order chi connectivity index (χ0) is 18.8. The first kappa shape index (κ1) is 17.5. The summed E-state index contributed by atoms with van der Waals surface area (Å²) < 4.78 is 15.0. The summed E-state index contributed by atoms with van der Waals surface area (Å²) in [5.41, 5.74) is 4.34. The molecular formula is C22H22FN3O. The van der Waals surface area contributed by atoms with Crippen LogP contribution in [-0.2, 0) is 24.4 Å². The maximum atomic E-state index is 13.1. The zero-order valence-corrected chi connectivity index (χ0v) is 15.3. The minimum atomic E-state index is -0.242. The average molecular weight is 363 g/mol. The molecule has 2 heterocycles. The molecule has 5 heteroatoms. The molecule has 0 radical (unpaired) electrons. The second-order valence-corrected chi connectivity index (χ2v) is 7.17. The lowest BCUT2D eigenvalue weighted by Crippen LogP contribution is -2.27. The van der Waals surface area contributed by atoms with Crippen LogP contribution >= 0.6 is 0 Å². The first-order chi connectivity index (χ1) is 13.1. The molecule has 1 atom stereocenters. The van der Waals surface area contributed by atoms with Crippen LogP contribution in [0.2, 0.25) is 0 Å². The minimum absolute atomic E-state index is 0.163. The van der Waals surface area contributed by atoms with Gasteiger partial charge in [0.15, 0.2) is 0 Å². The first-order valence-corrected chi connectivity index (χ1v) is 9.21. The quantitative estimate of drug-likeness (QED) is 0.684. The molecule has 1 aliphatic heterocycles. The Balaban J connectivity index is 1.41. The molecule has 3 aromatic rings. The van der Waals surface area contributed by atoms with E-state index in [2.05, 4.69) is 24.2 Å². The highest BCUT2D eigenvalue weighted by Crippen LogP contribution is 2.26. The molecule has 0 aliphatic carbocycles. The van der Waals surface area contributed by atoms with Gasteiger partial charge in [-0.05, 0) is 29.2 Å². The highest BCUT2D eigenvalue weighted by molar-refractivity contribution is 5.77. The van der Waals surface area contributed by atoms with Crippen LogP contribution in [0.4, 0.5) is 4.39 Å². The van der Waals surface area contributed by atoms with Crippen LogP contribution in [0.15, 0.2) is 60.8 Å². The third-order valence-corrected chi connectivity index (χ3v) is 5.18. The molecule has 4 nitrogen and oxygen atoms in total. The summed E-state index contributed by atoms with van der Waals surface area (Å²) in [4.78, 5) is 14.7. The van der Waals surface area contributed by atoms with Gasteiger partial charge in [-0.15, -0.1) is 0 Å². The molecule has 0 spiro atoms. The number of carbonyl (C=O) groups excluding carboxylic acids is 1. The van der Waals surface area contributed by atoms with E-state index in [-0.39, 0.29) is 17.6 Å². The molecule has 138 valence electrons. The number of fused-ring (bicyclic) bond motifs is 1. The minimum Gasteiger partial charge on any atom is -0.332 e. The van der Waals surface area contributed by atoms with Gasteiger partial charge >= 0.3 is 0 Å². The van der Waals surface area contributed by atoms with E-state index < -0.39 is 0 Å². The van der Waals surface area contributed by atoms with Crippen LogP contribution in [-0.4, -0.2) is 20.6 Å². The molecule has 1 aliphatic rings. The van der Waals surface area contributed by atoms with Crippen molar-refractivity contribution in [2.45, 2.75) is 38.9 Å². The number of aromatic nitrogens is 2. The summed E-state index contributed by atoms with van der Waals surface area (Å²) in [6.45, 7) is 3.86. The lowest BCUT2D eigenvalue weighted by atomic mass is 9.97. The summed E-state index contributed by atoms with van der Waals surface area (Å²) in [6, 6.07) is 16.6. The van der Waals surface area contributed by atoms with Gasteiger partial charge in [-0.3, -0.25) is 9.48 Å². The molecule has 1 amide bonds. The second-order valence-electron chi connectivity index (χ2n) is 7.17. The van der Waals surface area contributed by atoms with E-state index in [9.17, 15) is 9.18 Å². The highest BCUT2D eigenvalue weighted by Gasteiger charge is 2.28. The predicted octanol–water partition coefficient (Wildman–Crippen LogP) is 4.11. The number of halogens is 1. The van der Waals surface area contributed by atoms with Gasteiger partial charge in [0.05, 0.1) is 25.0 Å². The number of hydrogen-bond donors (Lipinski definition) is 0. The molecule has 0 bridgehead atoms. The van der Waals surface area contributed by atoms with Gasteiger partial charge in [0.2, 0.25) is 5.91 Å². The summed E-state index contributed by atoms with van der Waals surface area (Å²) in [5.74, 6) is 0.114. The molecule has 0 fully saturated rings. The molecule has 0 saturated heterocycles. The Hall–Kier alpha value is -2.95. The number of carbonyl (C=O) groups is 1. The number of rotatable bonds is 5. The largest absolute Gasteiger partial charge is 0.332 e. The van der Waals surface area contributed by atoms with Crippen LogP contribution < -0.4 is 0 Å². The van der Waals surface area contributed by atoms with E-state index in [0.717, 1.165) is 16.8 Å². The molecular weight excluding hydrogens is 341 g/mol. The monoisotopic (exact) mass is 363 g/mol. The van der Waals surface area contributed by atoms with Crippen LogP contribution in [0.25, 0.3) is 0 Å². The van der Waals surface area contributed by atoms with Crippen molar-refractivity contribution in [2.24, 2.45) is 0 Å². The molecule has 27 heavy (non-hydrogen) atoms. The van der Waals surface area contributed by atoms with Gasteiger partial charge in [-0.2, -0.15) is 5.10 Å². The second kappa shape index (κ2) is 7.35. The Morgan fingerprint density at radius 2 is 1.85 bits per heavy atom. The molecule has 4 rings (SSSR count). The van der Waals surface area contributed by atoms with Crippen molar-refractivity contribution >= 4 is 5.91 Å². The SMILES string of the molecule is CC(CC(=O)N1Cc2cnn(Cc3ccc(F)cc3)c2C1)c1ccccc1. The fraction of sp³-hybridized carbons (Fsp3) is 0.273. The molecule has 1 unspecified atom stereocenters. The van der Waals surface area contributed by atoms with Crippen molar-refractivity contribution in [3.8, 4) is 0 Å². The van der Waals surface area contributed by atoms with Gasteiger partial charge in [0.1, 0.15) is 5.82 Å². The summed E-state index contributed by atoms with van der Waals surface area (Å²) in [7, 11) is 0. The Bertz CT molecular complexity index is 934. The van der Waals surface area contributed by atoms with E-state index in [1.165, 1.54) is 17.7 Å². The Kier molecular flexibility index (Phi) is 4.75. The third kappa shape index (κ3) is 3.77. The van der Waals surface area contributed by atoms with Crippen molar-refractivity contribution in [1.82, 2.24) is 14.7 Å². The van der Waals surface area contributed by atoms with Crippen molar-refractivity contribution in [2.75, 3.05) is 0 Å². The molecule has 1 aromatic heterocycles. The molecule has 0 saturated carbocycles. The summed E-state index contributed by atoms with van der Waals surface area (Å²) in [5, 5.41) is 4.44. The van der Waals surface area contributed by atoms with Crippen LogP contribution in [0.1, 0.15) is 41.6 Å². The number of hydrogen-bond acceptors (Lipinski definition) is 2. The topological polar surface area (TPSA) is 38.1 Å². The van der Waals surface area contributed by atoms with Crippen molar-refractivity contribution in [3.63, 3.8) is 0 Å². The lowest BCUT2D eigenvalue weighted by molar-refractivity contribution is -0.132. The fourth-order valence-corrected chi connectivity index (χ4v) is 3.57. The van der Waals surface area contributed by atoms with E-state index in [4.69, 9.17) is 0 Å². The number of nitrogens with zero attached hydrogens (tertiary/aromatic N) is 3. The fourth-order valence-electron chi connectivity index (χ4n) is 3.57. The Labute approximate surface area is 158 Å². The van der Waals surface area contributed by atoms with Crippen molar-refractivity contribution in [1.29, 1.82) is 0 Å². The average Bonchev–Trinajstić information content (AvgIpc) is 3.26. The van der Waals surface area contributed by atoms with Gasteiger partial charge < -0.3 is 4.90 Å². The Morgan fingerprint density at radius 3 is 2.59 bits per heavy atom.